The molecule has 1 aliphatic rings. The van der Waals surface area contributed by atoms with Crippen LogP contribution >= 0.6 is 11.3 Å². The minimum Gasteiger partial charge on any atom is -0.372 e. The molecule has 0 bridgehead atoms. The zero-order chi connectivity index (χ0) is 18.5. The molecule has 2 heterocycles. The summed E-state index contributed by atoms with van der Waals surface area (Å²) in [4.78, 5) is 6.95. The maximum atomic E-state index is 8.87. The SMILES string of the molecule is N#Cc1ccc(-c2csc(N/N=C/c3ccc(N4CCCC4)cc3)n2)cc1. The summed E-state index contributed by atoms with van der Waals surface area (Å²) >= 11 is 1.50. The molecule has 6 heteroatoms. The predicted octanol–water partition coefficient (Wildman–Crippen LogP) is 4.73. The van der Waals surface area contributed by atoms with Gasteiger partial charge in [0, 0.05) is 29.7 Å². The monoisotopic (exact) mass is 373 g/mol. The Balaban J connectivity index is 1.37. The number of nitriles is 1. The quantitative estimate of drug-likeness (QED) is 0.519. The summed E-state index contributed by atoms with van der Waals surface area (Å²) < 4.78 is 0. The molecule has 3 aromatic rings. The zero-order valence-electron chi connectivity index (χ0n) is 14.8. The van der Waals surface area contributed by atoms with Crippen LogP contribution in [0.3, 0.4) is 0 Å². The normalized spacial score (nSPS) is 13.8. The van der Waals surface area contributed by atoms with Crippen LogP contribution in [-0.2, 0) is 0 Å². The summed E-state index contributed by atoms with van der Waals surface area (Å²) in [5, 5.41) is 15.9. The van der Waals surface area contributed by atoms with Crippen LogP contribution in [0.4, 0.5) is 10.8 Å². The molecule has 1 N–H and O–H groups in total. The fraction of sp³-hybridized carbons (Fsp3) is 0.190. The highest BCUT2D eigenvalue weighted by atomic mass is 32.1. The fourth-order valence-electron chi connectivity index (χ4n) is 3.08. The van der Waals surface area contributed by atoms with Gasteiger partial charge in [-0.05, 0) is 42.7 Å². The second-order valence-electron chi connectivity index (χ2n) is 6.38. The first kappa shape index (κ1) is 17.3. The Morgan fingerprint density at radius 3 is 2.52 bits per heavy atom. The van der Waals surface area contributed by atoms with Gasteiger partial charge in [0.2, 0.25) is 5.13 Å². The van der Waals surface area contributed by atoms with Crippen LogP contribution in [-0.4, -0.2) is 24.3 Å². The van der Waals surface area contributed by atoms with Crippen molar-refractivity contribution in [2.75, 3.05) is 23.4 Å². The number of rotatable bonds is 5. The van der Waals surface area contributed by atoms with E-state index in [1.54, 1.807) is 18.3 Å². The Hall–Kier alpha value is -3.17. The lowest BCUT2D eigenvalue weighted by molar-refractivity contribution is 0.949. The molecule has 0 unspecified atom stereocenters. The molecule has 134 valence electrons. The van der Waals surface area contributed by atoms with Gasteiger partial charge in [0.15, 0.2) is 0 Å². The molecule has 1 aromatic heterocycles. The molecule has 0 atom stereocenters. The molecular formula is C21H19N5S. The van der Waals surface area contributed by atoms with Crippen LogP contribution in [0.2, 0.25) is 0 Å². The Morgan fingerprint density at radius 1 is 1.07 bits per heavy atom. The lowest BCUT2D eigenvalue weighted by Gasteiger charge is -2.17. The van der Waals surface area contributed by atoms with Crippen LogP contribution in [0.5, 0.6) is 0 Å². The molecule has 1 aliphatic heterocycles. The third-order valence-electron chi connectivity index (χ3n) is 4.55. The van der Waals surface area contributed by atoms with Crippen molar-refractivity contribution in [1.82, 2.24) is 4.98 Å². The minimum absolute atomic E-state index is 0.646. The second-order valence-corrected chi connectivity index (χ2v) is 7.24. The topological polar surface area (TPSA) is 64.3 Å². The average molecular weight is 373 g/mol. The van der Waals surface area contributed by atoms with E-state index in [0.29, 0.717) is 5.56 Å². The number of thiazole rings is 1. The molecule has 1 saturated heterocycles. The first-order valence-corrected chi connectivity index (χ1v) is 9.80. The summed E-state index contributed by atoms with van der Waals surface area (Å²) in [6.45, 7) is 2.31. The third kappa shape index (κ3) is 4.15. The Kier molecular flexibility index (Phi) is 5.13. The number of nitrogens with zero attached hydrogens (tertiary/aromatic N) is 4. The van der Waals surface area contributed by atoms with Crippen molar-refractivity contribution in [1.29, 1.82) is 5.26 Å². The van der Waals surface area contributed by atoms with Gasteiger partial charge in [-0.3, -0.25) is 5.43 Å². The number of aromatic nitrogens is 1. The van der Waals surface area contributed by atoms with Crippen molar-refractivity contribution in [2.45, 2.75) is 12.8 Å². The van der Waals surface area contributed by atoms with Crippen molar-refractivity contribution >= 4 is 28.4 Å². The van der Waals surface area contributed by atoms with Gasteiger partial charge in [-0.25, -0.2) is 4.98 Å². The highest BCUT2D eigenvalue weighted by Gasteiger charge is 2.11. The van der Waals surface area contributed by atoms with E-state index < -0.39 is 0 Å². The van der Waals surface area contributed by atoms with Crippen LogP contribution in [0, 0.1) is 11.3 Å². The second kappa shape index (κ2) is 8.02. The Bertz CT molecular complexity index is 961. The number of hydrogen-bond donors (Lipinski definition) is 1. The van der Waals surface area contributed by atoms with Crippen LogP contribution < -0.4 is 10.3 Å². The molecule has 2 aromatic carbocycles. The molecule has 0 aliphatic carbocycles. The van der Waals surface area contributed by atoms with Crippen LogP contribution in [0.1, 0.15) is 24.0 Å². The van der Waals surface area contributed by atoms with E-state index in [4.69, 9.17) is 5.26 Å². The predicted molar refractivity (Wildman–Crippen MR) is 111 cm³/mol. The highest BCUT2D eigenvalue weighted by Crippen LogP contribution is 2.25. The summed E-state index contributed by atoms with van der Waals surface area (Å²) in [5.74, 6) is 0. The standard InChI is InChI=1S/C21H19N5S/c22-13-16-3-7-18(8-4-16)20-15-27-21(24-20)25-23-14-17-5-9-19(10-6-17)26-11-1-2-12-26/h3-10,14-15H,1-2,11-12H2,(H,24,25)/b23-14+. The van der Waals surface area contributed by atoms with Gasteiger partial charge >= 0.3 is 0 Å². The van der Waals surface area contributed by atoms with Gasteiger partial charge in [0.25, 0.3) is 0 Å². The molecular weight excluding hydrogens is 354 g/mol. The van der Waals surface area contributed by atoms with Crippen molar-refractivity contribution in [3.63, 3.8) is 0 Å². The van der Waals surface area contributed by atoms with Gasteiger partial charge in [-0.15, -0.1) is 11.3 Å². The summed E-state index contributed by atoms with van der Waals surface area (Å²) in [6.07, 6.45) is 4.37. The Morgan fingerprint density at radius 2 is 1.81 bits per heavy atom. The number of hydrogen-bond acceptors (Lipinski definition) is 6. The van der Waals surface area contributed by atoms with E-state index in [1.165, 1.54) is 29.9 Å². The smallest absolute Gasteiger partial charge is 0.203 e. The van der Waals surface area contributed by atoms with Gasteiger partial charge < -0.3 is 4.90 Å². The number of nitrogens with one attached hydrogen (secondary N) is 1. The highest BCUT2D eigenvalue weighted by molar-refractivity contribution is 7.14. The van der Waals surface area contributed by atoms with E-state index in [-0.39, 0.29) is 0 Å². The van der Waals surface area contributed by atoms with Gasteiger partial charge in [-0.2, -0.15) is 10.4 Å². The zero-order valence-corrected chi connectivity index (χ0v) is 15.6. The van der Waals surface area contributed by atoms with Crippen LogP contribution in [0.15, 0.2) is 59.0 Å². The molecule has 5 nitrogen and oxygen atoms in total. The Labute approximate surface area is 162 Å². The van der Waals surface area contributed by atoms with Crippen molar-refractivity contribution in [2.24, 2.45) is 5.10 Å². The number of benzene rings is 2. The number of anilines is 2. The molecule has 1 fully saturated rings. The first-order chi connectivity index (χ1) is 13.3. The average Bonchev–Trinajstić information content (AvgIpc) is 3.41. The molecule has 0 saturated carbocycles. The maximum Gasteiger partial charge on any atom is 0.203 e. The molecule has 27 heavy (non-hydrogen) atoms. The van der Waals surface area contributed by atoms with E-state index in [9.17, 15) is 0 Å². The van der Waals surface area contributed by atoms with Crippen molar-refractivity contribution in [3.05, 3.63) is 65.0 Å². The van der Waals surface area contributed by atoms with E-state index >= 15 is 0 Å². The van der Waals surface area contributed by atoms with Gasteiger partial charge in [0.05, 0.1) is 23.5 Å². The van der Waals surface area contributed by atoms with Crippen LogP contribution in [0.25, 0.3) is 11.3 Å². The lowest BCUT2D eigenvalue weighted by atomic mass is 10.1. The van der Waals surface area contributed by atoms with Gasteiger partial charge in [-0.1, -0.05) is 24.3 Å². The largest absolute Gasteiger partial charge is 0.372 e. The third-order valence-corrected chi connectivity index (χ3v) is 5.30. The van der Waals surface area contributed by atoms with Crippen molar-refractivity contribution < 1.29 is 0 Å². The minimum atomic E-state index is 0.646. The fourth-order valence-corrected chi connectivity index (χ4v) is 3.75. The van der Waals surface area contributed by atoms with Crippen molar-refractivity contribution in [3.8, 4) is 17.3 Å². The summed E-state index contributed by atoms with van der Waals surface area (Å²) in [5.41, 5.74) is 7.83. The summed E-state index contributed by atoms with van der Waals surface area (Å²) in [7, 11) is 0. The number of hydrazone groups is 1. The van der Waals surface area contributed by atoms with E-state index in [0.717, 1.165) is 35.0 Å². The molecule has 0 spiro atoms. The van der Waals surface area contributed by atoms with E-state index in [1.807, 2.05) is 17.5 Å². The van der Waals surface area contributed by atoms with Gasteiger partial charge in [0.1, 0.15) is 0 Å². The lowest BCUT2D eigenvalue weighted by Crippen LogP contribution is -2.17. The first-order valence-electron chi connectivity index (χ1n) is 8.92. The maximum absolute atomic E-state index is 8.87. The molecule has 4 rings (SSSR count). The van der Waals surface area contributed by atoms with E-state index in [2.05, 4.69) is 50.7 Å². The molecule has 0 amide bonds. The summed E-state index contributed by atoms with van der Waals surface area (Å²) in [6, 6.07) is 18.0. The molecule has 0 radical (unpaired) electrons.